The summed E-state index contributed by atoms with van der Waals surface area (Å²) in [4.78, 5) is 17.3. The predicted molar refractivity (Wildman–Crippen MR) is 86.7 cm³/mol. The van der Waals surface area contributed by atoms with Crippen molar-refractivity contribution in [1.29, 1.82) is 0 Å². The lowest BCUT2D eigenvalue weighted by atomic mass is 10.3. The van der Waals surface area contributed by atoms with Crippen molar-refractivity contribution < 1.29 is 9.90 Å². The molecule has 1 N–H and O–H groups in total. The summed E-state index contributed by atoms with van der Waals surface area (Å²) in [6.07, 6.45) is 0. The van der Waals surface area contributed by atoms with Crippen molar-refractivity contribution in [1.82, 2.24) is 14.5 Å². The van der Waals surface area contributed by atoms with Crippen molar-refractivity contribution in [3.8, 4) is 0 Å². The highest BCUT2D eigenvalue weighted by Gasteiger charge is 2.14. The van der Waals surface area contributed by atoms with Gasteiger partial charge in [0.15, 0.2) is 5.16 Å². The van der Waals surface area contributed by atoms with E-state index in [0.29, 0.717) is 21.7 Å². The summed E-state index contributed by atoms with van der Waals surface area (Å²) in [5.74, 6) is -0.908. The van der Waals surface area contributed by atoms with Gasteiger partial charge >= 0.3 is 5.97 Å². The smallest absolute Gasteiger partial charge is 0.313 e. The van der Waals surface area contributed by atoms with Gasteiger partial charge in [-0.3, -0.25) is 4.79 Å². The molecule has 5 nitrogen and oxygen atoms in total. The number of hydrogen-bond donors (Lipinski definition) is 1. The second-order valence-corrected chi connectivity index (χ2v) is 6.54. The number of fused-ring (bicyclic) bond motifs is 1. The Balaban J connectivity index is 2.43. The van der Waals surface area contributed by atoms with Crippen molar-refractivity contribution in [2.45, 2.75) is 11.7 Å². The third kappa shape index (κ3) is 4.03. The number of aliphatic carboxylic acids is 1. The van der Waals surface area contributed by atoms with Gasteiger partial charge in [0, 0.05) is 13.1 Å². The maximum absolute atomic E-state index is 10.8. The molecule has 1 heterocycles. The Bertz CT molecular complexity index is 673. The van der Waals surface area contributed by atoms with E-state index in [1.807, 2.05) is 18.7 Å². The molecular formula is C13H15Cl2N3O2S. The Morgan fingerprint density at radius 2 is 2.05 bits per heavy atom. The number of halogens is 2. The van der Waals surface area contributed by atoms with E-state index in [1.54, 1.807) is 12.1 Å². The van der Waals surface area contributed by atoms with Crippen LogP contribution in [0.25, 0.3) is 11.0 Å². The predicted octanol–water partition coefficient (Wildman–Crippen LogP) is 3.08. The Hall–Kier alpha value is -0.950. The first-order valence-electron chi connectivity index (χ1n) is 6.23. The minimum Gasteiger partial charge on any atom is -0.481 e. The third-order valence-corrected chi connectivity index (χ3v) is 4.53. The summed E-state index contributed by atoms with van der Waals surface area (Å²) in [5, 5.41) is 10.4. The zero-order valence-electron chi connectivity index (χ0n) is 11.6. The van der Waals surface area contributed by atoms with Gasteiger partial charge in [-0.2, -0.15) is 0 Å². The first kappa shape index (κ1) is 16.4. The van der Waals surface area contributed by atoms with Crippen LogP contribution >= 0.6 is 35.0 Å². The van der Waals surface area contributed by atoms with Gasteiger partial charge in [-0.05, 0) is 26.2 Å². The standard InChI is InChI=1S/C13H15Cl2N3O2S/c1-17(2)3-4-18-11-6-9(15)8(14)5-10(11)16-13(18)21-7-12(19)20/h5-6H,3-4,7H2,1-2H3,(H,19,20). The highest BCUT2D eigenvalue weighted by atomic mass is 35.5. The Kier molecular flexibility index (Phi) is 5.37. The molecule has 114 valence electrons. The van der Waals surface area contributed by atoms with Crippen LogP contribution in [0.15, 0.2) is 17.3 Å². The van der Waals surface area contributed by atoms with E-state index in [1.165, 1.54) is 11.8 Å². The van der Waals surface area contributed by atoms with Gasteiger partial charge in [0.05, 0.1) is 26.8 Å². The van der Waals surface area contributed by atoms with Crippen molar-refractivity contribution in [3.05, 3.63) is 22.2 Å². The van der Waals surface area contributed by atoms with Crippen LogP contribution in [0, 0.1) is 0 Å². The summed E-state index contributed by atoms with van der Waals surface area (Å²) >= 11 is 13.3. The highest BCUT2D eigenvalue weighted by Crippen LogP contribution is 2.31. The van der Waals surface area contributed by atoms with E-state index in [2.05, 4.69) is 9.88 Å². The fourth-order valence-corrected chi connectivity index (χ4v) is 2.93. The number of aromatic nitrogens is 2. The van der Waals surface area contributed by atoms with Gasteiger partial charge < -0.3 is 14.6 Å². The van der Waals surface area contributed by atoms with Crippen LogP contribution in [0.3, 0.4) is 0 Å². The molecule has 1 aromatic carbocycles. The lowest BCUT2D eigenvalue weighted by Gasteiger charge is -2.13. The largest absolute Gasteiger partial charge is 0.481 e. The Labute approximate surface area is 136 Å². The van der Waals surface area contributed by atoms with Crippen LogP contribution in [0.2, 0.25) is 10.0 Å². The number of thioether (sulfide) groups is 1. The fourth-order valence-electron chi connectivity index (χ4n) is 1.85. The van der Waals surface area contributed by atoms with E-state index in [9.17, 15) is 4.79 Å². The van der Waals surface area contributed by atoms with E-state index in [-0.39, 0.29) is 5.75 Å². The summed E-state index contributed by atoms with van der Waals surface area (Å²) in [6.45, 7) is 1.51. The number of likely N-dealkylation sites (N-methyl/N-ethyl adjacent to an activating group) is 1. The zero-order chi connectivity index (χ0) is 15.6. The van der Waals surface area contributed by atoms with Crippen molar-refractivity contribution in [3.63, 3.8) is 0 Å². The fraction of sp³-hybridized carbons (Fsp3) is 0.385. The summed E-state index contributed by atoms with van der Waals surface area (Å²) in [7, 11) is 3.96. The molecule has 0 radical (unpaired) electrons. The molecule has 8 heteroatoms. The maximum Gasteiger partial charge on any atom is 0.313 e. The monoisotopic (exact) mass is 347 g/mol. The molecule has 2 rings (SSSR count). The van der Waals surface area contributed by atoms with Crippen LogP contribution in [-0.2, 0) is 11.3 Å². The van der Waals surface area contributed by atoms with E-state index < -0.39 is 5.97 Å². The van der Waals surface area contributed by atoms with Gasteiger partial charge in [0.2, 0.25) is 0 Å². The molecule has 21 heavy (non-hydrogen) atoms. The zero-order valence-corrected chi connectivity index (χ0v) is 14.0. The van der Waals surface area contributed by atoms with Crippen LogP contribution in [-0.4, -0.2) is 51.9 Å². The van der Waals surface area contributed by atoms with E-state index in [4.69, 9.17) is 28.3 Å². The third-order valence-electron chi connectivity index (χ3n) is 2.85. The van der Waals surface area contributed by atoms with Crippen molar-refractivity contribution >= 4 is 52.0 Å². The van der Waals surface area contributed by atoms with Gasteiger partial charge in [0.1, 0.15) is 0 Å². The lowest BCUT2D eigenvalue weighted by molar-refractivity contribution is -0.133. The Morgan fingerprint density at radius 1 is 1.38 bits per heavy atom. The molecular weight excluding hydrogens is 333 g/mol. The van der Waals surface area contributed by atoms with E-state index >= 15 is 0 Å². The molecule has 0 spiro atoms. The van der Waals surface area contributed by atoms with Crippen LogP contribution in [0.5, 0.6) is 0 Å². The summed E-state index contributed by atoms with van der Waals surface area (Å²) < 4.78 is 1.98. The average molecular weight is 348 g/mol. The first-order valence-corrected chi connectivity index (χ1v) is 7.97. The van der Waals surface area contributed by atoms with Gasteiger partial charge in [0.25, 0.3) is 0 Å². The number of rotatable bonds is 6. The molecule has 0 atom stereocenters. The quantitative estimate of drug-likeness (QED) is 0.813. The topological polar surface area (TPSA) is 58.4 Å². The number of benzene rings is 1. The number of imidazole rings is 1. The number of carbonyl (C=O) groups is 1. The molecule has 0 aliphatic carbocycles. The molecule has 0 saturated heterocycles. The number of hydrogen-bond acceptors (Lipinski definition) is 4. The van der Waals surface area contributed by atoms with E-state index in [0.717, 1.165) is 17.6 Å². The number of carboxylic acids is 1. The summed E-state index contributed by atoms with van der Waals surface area (Å²) in [6, 6.07) is 3.48. The molecule has 0 fully saturated rings. The SMILES string of the molecule is CN(C)CCn1c(SCC(=O)O)nc2cc(Cl)c(Cl)cc21. The van der Waals surface area contributed by atoms with Crippen molar-refractivity contribution in [2.24, 2.45) is 0 Å². The van der Waals surface area contributed by atoms with Crippen LogP contribution in [0.1, 0.15) is 0 Å². The van der Waals surface area contributed by atoms with Gasteiger partial charge in [-0.1, -0.05) is 35.0 Å². The molecule has 2 aromatic rings. The molecule has 0 amide bonds. The molecule has 0 bridgehead atoms. The highest BCUT2D eigenvalue weighted by molar-refractivity contribution is 7.99. The molecule has 0 aliphatic rings. The number of carboxylic acid groups (broad SMARTS) is 1. The second kappa shape index (κ2) is 6.87. The van der Waals surface area contributed by atoms with Crippen LogP contribution in [0.4, 0.5) is 0 Å². The second-order valence-electron chi connectivity index (χ2n) is 4.79. The summed E-state index contributed by atoms with van der Waals surface area (Å²) in [5.41, 5.74) is 1.58. The van der Waals surface area contributed by atoms with Gasteiger partial charge in [-0.25, -0.2) is 4.98 Å². The Morgan fingerprint density at radius 3 is 2.67 bits per heavy atom. The van der Waals surface area contributed by atoms with Gasteiger partial charge in [-0.15, -0.1) is 0 Å². The number of nitrogens with zero attached hydrogens (tertiary/aromatic N) is 3. The average Bonchev–Trinajstić information content (AvgIpc) is 2.71. The van der Waals surface area contributed by atoms with Crippen LogP contribution < -0.4 is 0 Å². The molecule has 1 aromatic heterocycles. The maximum atomic E-state index is 10.8. The minimum absolute atomic E-state index is 0.0350. The molecule has 0 saturated carbocycles. The minimum atomic E-state index is -0.873. The first-order chi connectivity index (χ1) is 9.88. The molecule has 0 aliphatic heterocycles. The lowest BCUT2D eigenvalue weighted by Crippen LogP contribution is -2.19. The van der Waals surface area contributed by atoms with Crippen molar-refractivity contribution in [2.75, 3.05) is 26.4 Å². The normalized spacial score (nSPS) is 11.5. The molecule has 0 unspecified atom stereocenters.